The Kier molecular flexibility index (Phi) is 10.4. The molecule has 3 rings (SSSR count). The van der Waals surface area contributed by atoms with E-state index in [9.17, 15) is 18.0 Å². The molecule has 0 aliphatic rings. The van der Waals surface area contributed by atoms with Crippen LogP contribution in [0.4, 0.5) is 11.4 Å². The van der Waals surface area contributed by atoms with Gasteiger partial charge in [-0.25, -0.2) is 8.42 Å². The molecule has 0 aliphatic carbocycles. The summed E-state index contributed by atoms with van der Waals surface area (Å²) in [6.45, 7) is 3.73. The molecule has 0 saturated heterocycles. The summed E-state index contributed by atoms with van der Waals surface area (Å²) in [4.78, 5) is 26.1. The van der Waals surface area contributed by atoms with E-state index in [1.54, 1.807) is 30.3 Å². The lowest BCUT2D eigenvalue weighted by Gasteiger charge is -2.26. The van der Waals surface area contributed by atoms with Crippen LogP contribution in [0.1, 0.15) is 24.2 Å². The molecular weight excluding hydrogens is 550 g/mol. The third-order valence-corrected chi connectivity index (χ3v) is 7.76. The molecule has 0 saturated carbocycles. The number of carbonyl (C=O) groups is 2. The van der Waals surface area contributed by atoms with Crippen molar-refractivity contribution >= 4 is 33.2 Å². The second-order valence-electron chi connectivity index (χ2n) is 9.26. The van der Waals surface area contributed by atoms with Crippen molar-refractivity contribution in [3.05, 3.63) is 66.2 Å². The van der Waals surface area contributed by atoms with Gasteiger partial charge in [-0.15, -0.1) is 0 Å². The molecule has 12 heteroatoms. The monoisotopic (exact) mass is 585 g/mol. The number of sulfonamides is 1. The minimum Gasteiger partial charge on any atom is -0.497 e. The van der Waals surface area contributed by atoms with Gasteiger partial charge in [0, 0.05) is 18.7 Å². The molecule has 0 atom stereocenters. The first-order valence-electron chi connectivity index (χ1n) is 12.7. The third kappa shape index (κ3) is 7.40. The summed E-state index contributed by atoms with van der Waals surface area (Å²) < 4.78 is 50.3. The molecule has 0 unspecified atom stereocenters. The van der Waals surface area contributed by atoms with Gasteiger partial charge >= 0.3 is 0 Å². The summed E-state index contributed by atoms with van der Waals surface area (Å²) in [6.07, 6.45) is 0. The zero-order valence-electron chi connectivity index (χ0n) is 23.9. The lowest BCUT2D eigenvalue weighted by Crippen LogP contribution is -2.38. The number of hydrogen-bond acceptors (Lipinski definition) is 8. The van der Waals surface area contributed by atoms with E-state index >= 15 is 0 Å². The highest BCUT2D eigenvalue weighted by molar-refractivity contribution is 7.92. The highest BCUT2D eigenvalue weighted by Crippen LogP contribution is 2.37. The van der Waals surface area contributed by atoms with Gasteiger partial charge in [0.05, 0.1) is 50.3 Å². The van der Waals surface area contributed by atoms with E-state index in [4.69, 9.17) is 18.9 Å². The van der Waals surface area contributed by atoms with Crippen molar-refractivity contribution in [3.63, 3.8) is 0 Å². The van der Waals surface area contributed by atoms with E-state index in [1.807, 2.05) is 13.8 Å². The van der Waals surface area contributed by atoms with Crippen LogP contribution in [-0.2, 0) is 14.8 Å². The van der Waals surface area contributed by atoms with Gasteiger partial charge in [0.15, 0.2) is 11.5 Å². The fraction of sp³-hybridized carbons (Fsp3) is 0.310. The zero-order valence-corrected chi connectivity index (χ0v) is 24.7. The number of methoxy groups -OCH3 is 4. The smallest absolute Gasteiger partial charge is 0.265 e. The maximum absolute atomic E-state index is 14.1. The predicted octanol–water partition coefficient (Wildman–Crippen LogP) is 3.94. The molecule has 0 radical (unpaired) electrons. The van der Waals surface area contributed by atoms with Crippen molar-refractivity contribution in [1.29, 1.82) is 0 Å². The van der Waals surface area contributed by atoms with Gasteiger partial charge < -0.3 is 29.6 Å². The Balaban J connectivity index is 2.05. The predicted molar refractivity (Wildman–Crippen MR) is 156 cm³/mol. The van der Waals surface area contributed by atoms with E-state index in [1.165, 1.54) is 58.8 Å². The molecule has 2 amide bonds. The highest BCUT2D eigenvalue weighted by Gasteiger charge is 2.31. The van der Waals surface area contributed by atoms with Gasteiger partial charge in [-0.3, -0.25) is 13.9 Å². The van der Waals surface area contributed by atoms with Gasteiger partial charge in [-0.2, -0.15) is 0 Å². The first-order valence-corrected chi connectivity index (χ1v) is 14.1. The second-order valence-corrected chi connectivity index (χ2v) is 11.1. The van der Waals surface area contributed by atoms with Crippen LogP contribution in [0.3, 0.4) is 0 Å². The summed E-state index contributed by atoms with van der Waals surface area (Å²) >= 11 is 0. The molecule has 0 aliphatic heterocycles. The Hall–Kier alpha value is -4.45. The fourth-order valence-corrected chi connectivity index (χ4v) is 5.34. The Morgan fingerprint density at radius 2 is 1.49 bits per heavy atom. The number of rotatable bonds is 13. The lowest BCUT2D eigenvalue weighted by atomic mass is 10.1. The van der Waals surface area contributed by atoms with Crippen LogP contribution in [0.2, 0.25) is 0 Å². The molecule has 0 fully saturated rings. The van der Waals surface area contributed by atoms with Gasteiger partial charge in [0.2, 0.25) is 5.91 Å². The lowest BCUT2D eigenvalue weighted by molar-refractivity contribution is -0.114. The number of nitrogens with zero attached hydrogens (tertiary/aromatic N) is 1. The zero-order chi connectivity index (χ0) is 30.2. The van der Waals surface area contributed by atoms with Crippen LogP contribution in [0.25, 0.3) is 0 Å². The van der Waals surface area contributed by atoms with E-state index < -0.39 is 22.5 Å². The maximum Gasteiger partial charge on any atom is 0.265 e. The molecule has 220 valence electrons. The number of carbonyl (C=O) groups excluding carboxylic acids is 2. The average molecular weight is 586 g/mol. The van der Waals surface area contributed by atoms with Crippen LogP contribution >= 0.6 is 0 Å². The van der Waals surface area contributed by atoms with Crippen LogP contribution in [0, 0.1) is 5.92 Å². The Morgan fingerprint density at radius 3 is 2.12 bits per heavy atom. The van der Waals surface area contributed by atoms with Crippen molar-refractivity contribution < 1.29 is 37.0 Å². The van der Waals surface area contributed by atoms with Crippen molar-refractivity contribution in [2.75, 3.05) is 51.2 Å². The van der Waals surface area contributed by atoms with E-state index in [-0.39, 0.29) is 45.2 Å². The topological polar surface area (TPSA) is 132 Å². The number of nitrogens with one attached hydrogen (secondary N) is 2. The van der Waals surface area contributed by atoms with Gasteiger partial charge in [0.25, 0.3) is 15.9 Å². The highest BCUT2D eigenvalue weighted by atomic mass is 32.2. The molecule has 3 aromatic rings. The summed E-state index contributed by atoms with van der Waals surface area (Å²) in [5.41, 5.74) is 0.550. The molecule has 2 N–H and O–H groups in total. The van der Waals surface area contributed by atoms with Crippen molar-refractivity contribution in [2.24, 2.45) is 5.92 Å². The van der Waals surface area contributed by atoms with Crippen molar-refractivity contribution in [3.8, 4) is 23.0 Å². The number of benzene rings is 3. The maximum atomic E-state index is 14.1. The average Bonchev–Trinajstić information content (AvgIpc) is 2.97. The molecule has 0 aromatic heterocycles. The van der Waals surface area contributed by atoms with Gasteiger partial charge in [-0.1, -0.05) is 26.0 Å². The van der Waals surface area contributed by atoms with E-state index in [0.717, 1.165) is 4.31 Å². The standard InChI is InChI=1S/C29H35N3O8S/c1-19(2)17-30-29(34)22-9-7-8-10-23(22)31-28(33)18-32(24-15-20(37-3)11-13-25(24)38-4)41(35,36)21-12-14-26(39-5)27(16-21)40-6/h7-16,19H,17-18H2,1-6H3,(H,30,34)(H,31,33). The van der Waals surface area contributed by atoms with E-state index in [2.05, 4.69) is 10.6 Å². The SMILES string of the molecule is COc1ccc(OC)c(N(CC(=O)Nc2ccccc2C(=O)NCC(C)C)S(=O)(=O)c2ccc(OC)c(OC)c2)c1. The minimum atomic E-state index is -4.38. The summed E-state index contributed by atoms with van der Waals surface area (Å²) in [5.74, 6) is 0.242. The number of para-hydroxylation sites is 1. The van der Waals surface area contributed by atoms with Gasteiger partial charge in [-0.05, 0) is 42.3 Å². The largest absolute Gasteiger partial charge is 0.497 e. The number of anilines is 2. The normalized spacial score (nSPS) is 11.0. The molecule has 3 aromatic carbocycles. The number of amides is 2. The molecular formula is C29H35N3O8S. The molecule has 0 spiro atoms. The Labute approximate surface area is 240 Å². The van der Waals surface area contributed by atoms with E-state index in [0.29, 0.717) is 18.0 Å². The number of ether oxygens (including phenoxy) is 4. The Bertz CT molecular complexity index is 1490. The molecule has 0 bridgehead atoms. The van der Waals surface area contributed by atoms with Crippen molar-refractivity contribution in [1.82, 2.24) is 5.32 Å². The molecule has 11 nitrogen and oxygen atoms in total. The second kappa shape index (κ2) is 13.8. The van der Waals surface area contributed by atoms with Crippen molar-refractivity contribution in [2.45, 2.75) is 18.7 Å². The first kappa shape index (κ1) is 31.1. The fourth-order valence-electron chi connectivity index (χ4n) is 3.90. The summed E-state index contributed by atoms with van der Waals surface area (Å²) in [6, 6.07) is 15.2. The summed E-state index contributed by atoms with van der Waals surface area (Å²) in [5, 5.41) is 5.51. The van der Waals surface area contributed by atoms with Gasteiger partial charge in [0.1, 0.15) is 18.0 Å². The summed E-state index contributed by atoms with van der Waals surface area (Å²) in [7, 11) is 1.27. The quantitative estimate of drug-likeness (QED) is 0.308. The first-order chi connectivity index (χ1) is 19.5. The third-order valence-electron chi connectivity index (χ3n) is 6.00. The van der Waals surface area contributed by atoms with Crippen LogP contribution in [0.5, 0.6) is 23.0 Å². The minimum absolute atomic E-state index is 0.0692. The molecule has 41 heavy (non-hydrogen) atoms. The van der Waals surface area contributed by atoms with Crippen LogP contribution in [0.15, 0.2) is 65.6 Å². The number of hydrogen-bond donors (Lipinski definition) is 2. The molecule has 0 heterocycles. The van der Waals surface area contributed by atoms with Crippen LogP contribution in [-0.4, -0.2) is 61.8 Å². The van der Waals surface area contributed by atoms with Crippen LogP contribution < -0.4 is 33.9 Å². The Morgan fingerprint density at radius 1 is 0.829 bits per heavy atom.